The van der Waals surface area contributed by atoms with Crippen LogP contribution in [0.1, 0.15) is 37.5 Å². The molecular formula is C12H16O2. The van der Waals surface area contributed by atoms with Crippen molar-refractivity contribution in [3.05, 3.63) is 29.3 Å². The standard InChI is InChI=1S/C12H16O2/c1-12(2)6-8-4-3-5-9(13)11(8)10(14)7-12/h3-5,10,13-14H,6-7H2,1-2H3. The third-order valence-electron chi connectivity index (χ3n) is 2.92. The number of phenolic OH excluding ortho intramolecular Hbond substituents is 1. The van der Waals surface area contributed by atoms with E-state index in [-0.39, 0.29) is 11.2 Å². The summed E-state index contributed by atoms with van der Waals surface area (Å²) in [6.07, 6.45) is 1.13. The number of phenols is 1. The molecule has 0 radical (unpaired) electrons. The van der Waals surface area contributed by atoms with Crippen LogP contribution in [0.25, 0.3) is 0 Å². The Kier molecular flexibility index (Phi) is 2.04. The summed E-state index contributed by atoms with van der Waals surface area (Å²) in [5.41, 5.74) is 1.93. The summed E-state index contributed by atoms with van der Waals surface area (Å²) in [6, 6.07) is 5.46. The first-order valence-corrected chi connectivity index (χ1v) is 4.98. The normalized spacial score (nSPS) is 24.4. The number of aliphatic hydroxyl groups is 1. The Morgan fingerprint density at radius 2 is 2.07 bits per heavy atom. The van der Waals surface area contributed by atoms with Crippen LogP contribution in [-0.2, 0) is 6.42 Å². The smallest absolute Gasteiger partial charge is 0.121 e. The van der Waals surface area contributed by atoms with Gasteiger partial charge < -0.3 is 10.2 Å². The molecule has 0 bridgehead atoms. The van der Waals surface area contributed by atoms with Crippen LogP contribution in [0.3, 0.4) is 0 Å². The fraction of sp³-hybridized carbons (Fsp3) is 0.500. The third kappa shape index (κ3) is 1.50. The molecule has 2 N–H and O–H groups in total. The molecular weight excluding hydrogens is 176 g/mol. The summed E-state index contributed by atoms with van der Waals surface area (Å²) in [4.78, 5) is 0. The van der Waals surface area contributed by atoms with Crippen molar-refractivity contribution in [3.8, 4) is 5.75 Å². The quantitative estimate of drug-likeness (QED) is 0.662. The maximum Gasteiger partial charge on any atom is 0.121 e. The first kappa shape index (κ1) is 9.53. The molecule has 2 rings (SSSR count). The Morgan fingerprint density at radius 1 is 1.36 bits per heavy atom. The first-order valence-electron chi connectivity index (χ1n) is 4.98. The Bertz CT molecular complexity index is 355. The summed E-state index contributed by atoms with van der Waals surface area (Å²) in [6.45, 7) is 4.28. The fourth-order valence-corrected chi connectivity index (χ4v) is 2.35. The minimum atomic E-state index is -0.519. The lowest BCUT2D eigenvalue weighted by Gasteiger charge is -2.34. The second-order valence-corrected chi connectivity index (χ2v) is 4.91. The Morgan fingerprint density at radius 3 is 2.79 bits per heavy atom. The Hall–Kier alpha value is -1.02. The SMILES string of the molecule is CC1(C)Cc2cccc(O)c2C(O)C1. The van der Waals surface area contributed by atoms with Crippen LogP contribution < -0.4 is 0 Å². The van der Waals surface area contributed by atoms with Gasteiger partial charge in [-0.1, -0.05) is 26.0 Å². The largest absolute Gasteiger partial charge is 0.508 e. The van der Waals surface area contributed by atoms with Gasteiger partial charge >= 0.3 is 0 Å². The van der Waals surface area contributed by atoms with Crippen molar-refractivity contribution < 1.29 is 10.2 Å². The summed E-state index contributed by atoms with van der Waals surface area (Å²) < 4.78 is 0. The van der Waals surface area contributed by atoms with Crippen LogP contribution in [0.5, 0.6) is 5.75 Å². The molecule has 1 aliphatic rings. The summed E-state index contributed by atoms with van der Waals surface area (Å²) >= 11 is 0. The average molecular weight is 192 g/mol. The van der Waals surface area contributed by atoms with E-state index in [1.807, 2.05) is 12.1 Å². The van der Waals surface area contributed by atoms with E-state index in [0.717, 1.165) is 24.0 Å². The predicted molar refractivity (Wildman–Crippen MR) is 55.2 cm³/mol. The molecule has 0 aromatic heterocycles. The molecule has 1 unspecified atom stereocenters. The Labute approximate surface area is 84.2 Å². The molecule has 2 nitrogen and oxygen atoms in total. The zero-order valence-electron chi connectivity index (χ0n) is 8.62. The maximum absolute atomic E-state index is 9.92. The highest BCUT2D eigenvalue weighted by Gasteiger charge is 2.32. The number of benzene rings is 1. The van der Waals surface area contributed by atoms with Gasteiger partial charge in [0.05, 0.1) is 6.10 Å². The third-order valence-corrected chi connectivity index (χ3v) is 2.92. The van der Waals surface area contributed by atoms with Crippen molar-refractivity contribution in [2.45, 2.75) is 32.8 Å². The van der Waals surface area contributed by atoms with E-state index in [0.29, 0.717) is 0 Å². The molecule has 76 valence electrons. The minimum Gasteiger partial charge on any atom is -0.508 e. The number of hydrogen-bond donors (Lipinski definition) is 2. The van der Waals surface area contributed by atoms with Crippen molar-refractivity contribution >= 4 is 0 Å². The van der Waals surface area contributed by atoms with Gasteiger partial charge in [0.25, 0.3) is 0 Å². The molecule has 1 aromatic carbocycles. The van der Waals surface area contributed by atoms with Crippen LogP contribution in [0.2, 0.25) is 0 Å². The molecule has 0 spiro atoms. The number of hydrogen-bond acceptors (Lipinski definition) is 2. The van der Waals surface area contributed by atoms with Gasteiger partial charge in [0, 0.05) is 5.56 Å². The van der Waals surface area contributed by atoms with Gasteiger partial charge in [-0.15, -0.1) is 0 Å². The van der Waals surface area contributed by atoms with Gasteiger partial charge in [0.2, 0.25) is 0 Å². The topological polar surface area (TPSA) is 40.5 Å². The van der Waals surface area contributed by atoms with Crippen LogP contribution >= 0.6 is 0 Å². The maximum atomic E-state index is 9.92. The molecule has 0 heterocycles. The summed E-state index contributed by atoms with van der Waals surface area (Å²) in [5.74, 6) is 0.227. The number of aromatic hydroxyl groups is 1. The molecule has 1 aromatic rings. The molecule has 0 aliphatic heterocycles. The lowest BCUT2D eigenvalue weighted by Crippen LogP contribution is -2.25. The van der Waals surface area contributed by atoms with Gasteiger partial charge in [0.15, 0.2) is 0 Å². The fourth-order valence-electron chi connectivity index (χ4n) is 2.35. The van der Waals surface area contributed by atoms with Crippen molar-refractivity contribution in [3.63, 3.8) is 0 Å². The van der Waals surface area contributed by atoms with Gasteiger partial charge in [-0.05, 0) is 29.9 Å². The van der Waals surface area contributed by atoms with E-state index in [9.17, 15) is 10.2 Å². The molecule has 14 heavy (non-hydrogen) atoms. The minimum absolute atomic E-state index is 0.125. The van der Waals surface area contributed by atoms with E-state index in [1.54, 1.807) is 6.07 Å². The van der Waals surface area contributed by atoms with Gasteiger partial charge in [-0.25, -0.2) is 0 Å². The van der Waals surface area contributed by atoms with E-state index >= 15 is 0 Å². The van der Waals surface area contributed by atoms with E-state index in [4.69, 9.17) is 0 Å². The van der Waals surface area contributed by atoms with Crippen LogP contribution in [0, 0.1) is 5.41 Å². The van der Waals surface area contributed by atoms with Gasteiger partial charge in [-0.3, -0.25) is 0 Å². The molecule has 0 fully saturated rings. The molecule has 1 atom stereocenters. The summed E-state index contributed by atoms with van der Waals surface area (Å²) in [5, 5.41) is 19.6. The number of fused-ring (bicyclic) bond motifs is 1. The lowest BCUT2D eigenvalue weighted by molar-refractivity contribution is 0.0971. The second kappa shape index (κ2) is 2.99. The van der Waals surface area contributed by atoms with Crippen LogP contribution in [-0.4, -0.2) is 10.2 Å². The highest BCUT2D eigenvalue weighted by Crippen LogP contribution is 2.43. The molecule has 2 heteroatoms. The lowest BCUT2D eigenvalue weighted by atomic mass is 9.73. The van der Waals surface area contributed by atoms with E-state index < -0.39 is 6.10 Å². The Balaban J connectivity index is 2.50. The zero-order chi connectivity index (χ0) is 10.3. The highest BCUT2D eigenvalue weighted by atomic mass is 16.3. The van der Waals surface area contributed by atoms with Gasteiger partial charge in [0.1, 0.15) is 5.75 Å². The highest BCUT2D eigenvalue weighted by molar-refractivity contribution is 5.43. The molecule has 0 amide bonds. The average Bonchev–Trinajstić information content (AvgIpc) is 2.00. The van der Waals surface area contributed by atoms with Crippen molar-refractivity contribution in [1.29, 1.82) is 0 Å². The van der Waals surface area contributed by atoms with Crippen LogP contribution in [0.15, 0.2) is 18.2 Å². The number of rotatable bonds is 0. The van der Waals surface area contributed by atoms with Gasteiger partial charge in [-0.2, -0.15) is 0 Å². The molecule has 0 saturated heterocycles. The van der Waals surface area contributed by atoms with Crippen molar-refractivity contribution in [2.24, 2.45) is 5.41 Å². The van der Waals surface area contributed by atoms with Crippen molar-refractivity contribution in [1.82, 2.24) is 0 Å². The summed E-state index contributed by atoms with van der Waals surface area (Å²) in [7, 11) is 0. The predicted octanol–water partition coefficient (Wildman–Crippen LogP) is 2.40. The number of aliphatic hydroxyl groups excluding tert-OH is 1. The monoisotopic (exact) mass is 192 g/mol. The molecule has 1 aliphatic carbocycles. The van der Waals surface area contributed by atoms with E-state index in [2.05, 4.69) is 13.8 Å². The molecule has 0 saturated carbocycles. The zero-order valence-corrected chi connectivity index (χ0v) is 8.62. The van der Waals surface area contributed by atoms with Crippen LogP contribution in [0.4, 0.5) is 0 Å². The van der Waals surface area contributed by atoms with Crippen molar-refractivity contribution in [2.75, 3.05) is 0 Å². The van der Waals surface area contributed by atoms with E-state index in [1.165, 1.54) is 0 Å². The second-order valence-electron chi connectivity index (χ2n) is 4.91. The first-order chi connectivity index (χ1) is 6.49.